The quantitative estimate of drug-likeness (QED) is 0.639. The Hall–Kier alpha value is -1.68. The van der Waals surface area contributed by atoms with Gasteiger partial charge in [-0.1, -0.05) is 6.08 Å². The van der Waals surface area contributed by atoms with Gasteiger partial charge in [-0.05, 0) is 18.6 Å². The van der Waals surface area contributed by atoms with Gasteiger partial charge < -0.3 is 9.30 Å². The Morgan fingerprint density at radius 2 is 2.41 bits per heavy atom. The molecule has 0 aliphatic carbocycles. The Kier molecular flexibility index (Phi) is 1.20. The smallest absolute Gasteiger partial charge is 0.136 e. The molecule has 0 unspecified atom stereocenters. The van der Waals surface area contributed by atoms with Gasteiger partial charge in [-0.25, -0.2) is 9.97 Å². The lowest BCUT2D eigenvalue weighted by Crippen LogP contribution is -2.37. The first-order valence-electron chi connectivity index (χ1n) is 6.04. The molecule has 2 aromatic heterocycles. The summed E-state index contributed by atoms with van der Waals surface area (Å²) in [5, 5.41) is 0. The van der Waals surface area contributed by atoms with E-state index in [4.69, 9.17) is 4.74 Å². The lowest BCUT2D eigenvalue weighted by molar-refractivity contribution is -0.000467. The van der Waals surface area contributed by atoms with Crippen LogP contribution in [0.4, 0.5) is 0 Å². The summed E-state index contributed by atoms with van der Waals surface area (Å²) < 4.78 is 8.44. The molecule has 2 bridgehead atoms. The molecule has 4 nitrogen and oxygen atoms in total. The molecule has 2 aromatic rings. The normalized spacial score (nSPS) is 36.7. The lowest BCUT2D eigenvalue weighted by Gasteiger charge is -2.34. The van der Waals surface area contributed by atoms with Gasteiger partial charge in [0, 0.05) is 18.7 Å². The van der Waals surface area contributed by atoms with E-state index in [0.29, 0.717) is 5.92 Å². The fraction of sp³-hybridized carbons (Fsp3) is 0.385. The van der Waals surface area contributed by atoms with Crippen LogP contribution in [0.3, 0.4) is 0 Å². The van der Waals surface area contributed by atoms with Crippen molar-refractivity contribution in [1.29, 1.82) is 0 Å². The van der Waals surface area contributed by atoms with Crippen LogP contribution in [0.5, 0.6) is 0 Å². The first-order chi connectivity index (χ1) is 8.37. The van der Waals surface area contributed by atoms with Crippen LogP contribution >= 0.6 is 0 Å². The van der Waals surface area contributed by atoms with Crippen molar-refractivity contribution in [3.05, 3.63) is 36.4 Å². The summed E-state index contributed by atoms with van der Waals surface area (Å²) in [6.45, 7) is 1.02. The Balaban J connectivity index is 1.94. The highest BCUT2D eigenvalue weighted by molar-refractivity contribution is 5.80. The van der Waals surface area contributed by atoms with Crippen LogP contribution in [0.15, 0.2) is 30.7 Å². The van der Waals surface area contributed by atoms with Crippen LogP contribution in [0.25, 0.3) is 11.0 Å². The van der Waals surface area contributed by atoms with Gasteiger partial charge >= 0.3 is 0 Å². The molecule has 3 aliphatic rings. The number of aromatic nitrogens is 3. The zero-order chi connectivity index (χ0) is 11.0. The second kappa shape index (κ2) is 2.43. The number of ether oxygens (including phenoxy) is 1. The molecule has 0 N–H and O–H groups in total. The molecular formula is C13H11N3O. The molecule has 5 rings (SSSR count). The molecular weight excluding hydrogens is 214 g/mol. The van der Waals surface area contributed by atoms with E-state index >= 15 is 0 Å². The number of nitrogens with zero attached hydrogens (tertiary/aromatic N) is 3. The van der Waals surface area contributed by atoms with Crippen molar-refractivity contribution in [3.8, 4) is 0 Å². The fourth-order valence-electron chi connectivity index (χ4n) is 3.64. The highest BCUT2D eigenvalue weighted by Gasteiger charge is 2.55. The number of hydrogen-bond donors (Lipinski definition) is 0. The molecule has 0 aromatic carbocycles. The zero-order valence-corrected chi connectivity index (χ0v) is 9.21. The van der Waals surface area contributed by atoms with E-state index in [2.05, 4.69) is 39.0 Å². The van der Waals surface area contributed by atoms with Gasteiger partial charge in [0.25, 0.3) is 0 Å². The minimum Gasteiger partial charge on any atom is -0.357 e. The van der Waals surface area contributed by atoms with Crippen LogP contribution in [0, 0.1) is 5.92 Å². The molecule has 0 radical (unpaired) electrons. The zero-order valence-electron chi connectivity index (χ0n) is 9.21. The fourth-order valence-corrected chi connectivity index (χ4v) is 3.64. The van der Waals surface area contributed by atoms with Crippen molar-refractivity contribution >= 4 is 11.0 Å². The van der Waals surface area contributed by atoms with Gasteiger partial charge in [-0.3, -0.25) is 0 Å². The molecule has 1 fully saturated rings. The summed E-state index contributed by atoms with van der Waals surface area (Å²) in [6.07, 6.45) is 9.56. The Labute approximate surface area is 97.9 Å². The van der Waals surface area contributed by atoms with Gasteiger partial charge in [0.2, 0.25) is 0 Å². The minimum atomic E-state index is -0.264. The SMILES string of the molecule is C1=C[C@]23O[C@H]1C[C@H]2Cn1ccc2ncnc3c21. The van der Waals surface area contributed by atoms with Crippen molar-refractivity contribution in [1.82, 2.24) is 14.5 Å². The van der Waals surface area contributed by atoms with E-state index in [9.17, 15) is 0 Å². The number of fused-ring (bicyclic) bond motifs is 1. The van der Waals surface area contributed by atoms with Gasteiger partial charge in [-0.2, -0.15) is 0 Å². The van der Waals surface area contributed by atoms with E-state index in [1.54, 1.807) is 6.33 Å². The molecule has 5 heterocycles. The van der Waals surface area contributed by atoms with Gasteiger partial charge in [0.15, 0.2) is 0 Å². The summed E-state index contributed by atoms with van der Waals surface area (Å²) in [7, 11) is 0. The average Bonchev–Trinajstić information content (AvgIpc) is 3.02. The van der Waals surface area contributed by atoms with Crippen molar-refractivity contribution in [3.63, 3.8) is 0 Å². The Morgan fingerprint density at radius 3 is 3.35 bits per heavy atom. The monoisotopic (exact) mass is 225 g/mol. The third-order valence-electron chi connectivity index (χ3n) is 4.37. The van der Waals surface area contributed by atoms with E-state index in [0.717, 1.165) is 29.7 Å². The topological polar surface area (TPSA) is 39.9 Å². The minimum absolute atomic E-state index is 0.264. The Morgan fingerprint density at radius 1 is 1.41 bits per heavy atom. The third kappa shape index (κ3) is 0.794. The van der Waals surface area contributed by atoms with Crippen molar-refractivity contribution < 1.29 is 4.74 Å². The molecule has 84 valence electrons. The first kappa shape index (κ1) is 8.42. The van der Waals surface area contributed by atoms with E-state index in [1.165, 1.54) is 0 Å². The third-order valence-corrected chi connectivity index (χ3v) is 4.37. The van der Waals surface area contributed by atoms with Gasteiger partial charge in [-0.15, -0.1) is 0 Å². The van der Waals surface area contributed by atoms with Gasteiger partial charge in [0.1, 0.15) is 17.6 Å². The molecule has 3 atom stereocenters. The maximum Gasteiger partial charge on any atom is 0.136 e. The lowest BCUT2D eigenvalue weighted by atomic mass is 9.78. The second-order valence-electron chi connectivity index (χ2n) is 5.17. The van der Waals surface area contributed by atoms with E-state index < -0.39 is 0 Å². The highest BCUT2D eigenvalue weighted by Crippen LogP contribution is 2.53. The number of hydrogen-bond acceptors (Lipinski definition) is 3. The standard InChI is InChI=1S/C13H11N3O/c1-3-13-8(5-9(1)17-13)6-16-4-2-10-11(16)12(13)15-7-14-10/h1-4,7-9H,5-6H2/t8-,9+,13-/m0/s1. The first-order valence-corrected chi connectivity index (χ1v) is 6.04. The molecule has 1 spiro atoms. The summed E-state index contributed by atoms with van der Waals surface area (Å²) >= 11 is 0. The van der Waals surface area contributed by atoms with Crippen molar-refractivity contribution in [2.75, 3.05) is 0 Å². The van der Waals surface area contributed by atoms with Gasteiger partial charge in [0.05, 0.1) is 17.1 Å². The maximum absolute atomic E-state index is 6.17. The molecule has 1 saturated heterocycles. The highest BCUT2D eigenvalue weighted by atomic mass is 16.5. The maximum atomic E-state index is 6.17. The molecule has 0 saturated carbocycles. The van der Waals surface area contributed by atoms with E-state index in [-0.39, 0.29) is 11.7 Å². The molecule has 4 heteroatoms. The van der Waals surface area contributed by atoms with Crippen LogP contribution < -0.4 is 0 Å². The summed E-state index contributed by atoms with van der Waals surface area (Å²) in [4.78, 5) is 8.84. The van der Waals surface area contributed by atoms with Crippen LogP contribution in [-0.4, -0.2) is 20.6 Å². The number of rotatable bonds is 0. The second-order valence-corrected chi connectivity index (χ2v) is 5.17. The molecule has 3 aliphatic heterocycles. The van der Waals surface area contributed by atoms with Crippen molar-refractivity contribution in [2.24, 2.45) is 5.92 Å². The summed E-state index contributed by atoms with van der Waals surface area (Å²) in [5.41, 5.74) is 2.96. The predicted molar refractivity (Wildman–Crippen MR) is 61.3 cm³/mol. The average molecular weight is 225 g/mol. The van der Waals surface area contributed by atoms with Crippen LogP contribution in [0.2, 0.25) is 0 Å². The molecule has 0 amide bonds. The Bertz CT molecular complexity index is 674. The van der Waals surface area contributed by atoms with E-state index in [1.807, 2.05) is 0 Å². The van der Waals surface area contributed by atoms with Crippen LogP contribution in [-0.2, 0) is 16.9 Å². The summed E-state index contributed by atoms with van der Waals surface area (Å²) in [6, 6.07) is 2.06. The summed E-state index contributed by atoms with van der Waals surface area (Å²) in [5.74, 6) is 0.524. The molecule has 17 heavy (non-hydrogen) atoms. The van der Waals surface area contributed by atoms with Crippen molar-refractivity contribution in [2.45, 2.75) is 24.7 Å². The largest absolute Gasteiger partial charge is 0.357 e. The van der Waals surface area contributed by atoms with Crippen LogP contribution in [0.1, 0.15) is 12.1 Å². The predicted octanol–water partition coefficient (Wildman–Crippen LogP) is 1.62.